The van der Waals surface area contributed by atoms with Crippen molar-refractivity contribution in [2.24, 2.45) is 9.98 Å². The molecular weight excluding hydrogens is 309 g/mol. The summed E-state index contributed by atoms with van der Waals surface area (Å²) in [5.74, 6) is 0.292. The first-order valence-corrected chi connectivity index (χ1v) is 7.86. The zero-order valence-corrected chi connectivity index (χ0v) is 13.3. The van der Waals surface area contributed by atoms with E-state index in [1.54, 1.807) is 6.07 Å². The van der Waals surface area contributed by atoms with Gasteiger partial charge in [0, 0.05) is 17.4 Å². The maximum Gasteiger partial charge on any atom is 0.158 e. The molecule has 6 heteroatoms. The van der Waals surface area contributed by atoms with Crippen LogP contribution in [-0.2, 0) is 0 Å². The summed E-state index contributed by atoms with van der Waals surface area (Å²) in [6.45, 7) is 5.54. The summed E-state index contributed by atoms with van der Waals surface area (Å²) in [5, 5.41) is 4.20. The first kappa shape index (κ1) is 15.8. The number of hydrogen-bond donors (Lipinski definition) is 1. The van der Waals surface area contributed by atoms with Gasteiger partial charge in [-0.3, -0.25) is 4.99 Å². The highest BCUT2D eigenvalue weighted by Crippen LogP contribution is 2.33. The average molecular weight is 324 g/mol. The Hall–Kier alpha value is -1.59. The van der Waals surface area contributed by atoms with Crippen molar-refractivity contribution in [3.63, 3.8) is 0 Å². The molecule has 1 N–H and O–H groups in total. The van der Waals surface area contributed by atoms with Crippen LogP contribution in [0.4, 0.5) is 4.39 Å². The number of nitrogens with one attached hydrogen (secondary N) is 1. The highest BCUT2D eigenvalue weighted by atomic mass is 35.5. The van der Waals surface area contributed by atoms with Gasteiger partial charge in [-0.1, -0.05) is 24.2 Å². The van der Waals surface area contributed by atoms with E-state index in [9.17, 15) is 4.39 Å². The summed E-state index contributed by atoms with van der Waals surface area (Å²) in [6.07, 6.45) is 5.25. The fourth-order valence-electron chi connectivity index (χ4n) is 1.98. The summed E-state index contributed by atoms with van der Waals surface area (Å²) in [5.41, 5.74) is 1.76. The van der Waals surface area contributed by atoms with Crippen LogP contribution in [0.3, 0.4) is 0 Å². The van der Waals surface area contributed by atoms with Crippen LogP contribution in [0.25, 0.3) is 0 Å². The Bertz CT molecular complexity index is 652. The molecule has 1 heterocycles. The van der Waals surface area contributed by atoms with Crippen LogP contribution in [0.5, 0.6) is 0 Å². The van der Waals surface area contributed by atoms with Gasteiger partial charge in [-0.15, -0.1) is 11.8 Å². The van der Waals surface area contributed by atoms with Crippen molar-refractivity contribution in [3.8, 4) is 0 Å². The topological polar surface area (TPSA) is 36.8 Å². The van der Waals surface area contributed by atoms with E-state index < -0.39 is 0 Å². The molecule has 0 aromatic heterocycles. The van der Waals surface area contributed by atoms with Gasteiger partial charge >= 0.3 is 0 Å². The molecule has 0 radical (unpaired) electrons. The molecule has 1 aliphatic heterocycles. The molecule has 0 saturated carbocycles. The summed E-state index contributed by atoms with van der Waals surface area (Å²) >= 11 is 7.61. The van der Waals surface area contributed by atoms with E-state index >= 15 is 0 Å². The third kappa shape index (κ3) is 3.54. The smallest absolute Gasteiger partial charge is 0.158 e. The highest BCUT2D eigenvalue weighted by molar-refractivity contribution is 8.15. The van der Waals surface area contributed by atoms with E-state index in [2.05, 4.69) is 21.9 Å². The van der Waals surface area contributed by atoms with Gasteiger partial charge < -0.3 is 5.32 Å². The number of rotatable bonds is 3. The Kier molecular flexibility index (Phi) is 5.20. The number of hydrogen-bond acceptors (Lipinski definition) is 4. The molecule has 1 atom stereocenters. The van der Waals surface area contributed by atoms with Gasteiger partial charge in [0.05, 0.1) is 0 Å². The van der Waals surface area contributed by atoms with Crippen molar-refractivity contribution in [1.29, 1.82) is 0 Å². The van der Waals surface area contributed by atoms with E-state index in [0.717, 1.165) is 16.2 Å². The lowest BCUT2D eigenvalue weighted by atomic mass is 10.00. The minimum atomic E-state index is -0.360. The molecule has 1 aliphatic rings. The number of amidine groups is 1. The Labute approximate surface area is 132 Å². The third-order valence-electron chi connectivity index (χ3n) is 2.99. The Morgan fingerprint density at radius 2 is 2.33 bits per heavy atom. The van der Waals surface area contributed by atoms with E-state index in [-0.39, 0.29) is 11.9 Å². The van der Waals surface area contributed by atoms with E-state index in [1.165, 1.54) is 30.1 Å². The first-order chi connectivity index (χ1) is 10.1. The molecule has 0 fully saturated rings. The first-order valence-electron chi connectivity index (χ1n) is 6.25. The van der Waals surface area contributed by atoms with Crippen molar-refractivity contribution in [1.82, 2.24) is 5.32 Å². The molecule has 0 aliphatic carbocycles. The van der Waals surface area contributed by atoms with Crippen LogP contribution >= 0.6 is 23.4 Å². The minimum absolute atomic E-state index is 0.253. The van der Waals surface area contributed by atoms with Crippen molar-refractivity contribution in [2.45, 2.75) is 13.0 Å². The molecule has 0 spiro atoms. The van der Waals surface area contributed by atoms with Crippen molar-refractivity contribution in [2.75, 3.05) is 6.26 Å². The number of thioether (sulfide) groups is 1. The van der Waals surface area contributed by atoms with Crippen molar-refractivity contribution >= 4 is 34.2 Å². The predicted molar refractivity (Wildman–Crippen MR) is 89.6 cm³/mol. The minimum Gasteiger partial charge on any atom is -0.345 e. The van der Waals surface area contributed by atoms with Gasteiger partial charge in [-0.2, -0.15) is 0 Å². The summed E-state index contributed by atoms with van der Waals surface area (Å²) in [7, 11) is 0. The predicted octanol–water partition coefficient (Wildman–Crippen LogP) is 4.33. The molecule has 1 unspecified atom stereocenters. The third-order valence-corrected chi connectivity index (χ3v) is 4.00. The molecule has 0 amide bonds. The molecule has 1 aromatic rings. The van der Waals surface area contributed by atoms with Crippen LogP contribution in [0.2, 0.25) is 5.02 Å². The molecule has 3 nitrogen and oxygen atoms in total. The molecule has 110 valence electrons. The zero-order valence-electron chi connectivity index (χ0n) is 11.7. The van der Waals surface area contributed by atoms with E-state index in [4.69, 9.17) is 11.6 Å². The second-order valence-electron chi connectivity index (χ2n) is 4.40. The Morgan fingerprint density at radius 3 is 2.95 bits per heavy atom. The average Bonchev–Trinajstić information content (AvgIpc) is 2.46. The molecule has 2 rings (SSSR count). The van der Waals surface area contributed by atoms with Gasteiger partial charge in [-0.05, 0) is 36.4 Å². The van der Waals surface area contributed by atoms with Crippen molar-refractivity contribution < 1.29 is 4.39 Å². The van der Waals surface area contributed by atoms with Crippen LogP contribution in [0.15, 0.2) is 52.7 Å². The Balaban J connectivity index is 2.43. The highest BCUT2D eigenvalue weighted by Gasteiger charge is 2.22. The molecule has 21 heavy (non-hydrogen) atoms. The number of nitrogens with zero attached hydrogens (tertiary/aromatic N) is 2. The normalized spacial score (nSPS) is 18.7. The van der Waals surface area contributed by atoms with Gasteiger partial charge in [-0.25, -0.2) is 9.38 Å². The standard InChI is InChI=1S/C15H15ClFN3S/c1-4-18-15(21-3)14-19-8-9(2)13(20-14)11-6-5-10(17)7-12(11)16/h4-8,13H,1H2,2-3H3,(H,19,20). The lowest BCUT2D eigenvalue weighted by Crippen LogP contribution is -2.30. The largest absolute Gasteiger partial charge is 0.345 e. The van der Waals surface area contributed by atoms with Crippen LogP contribution in [0, 0.1) is 5.82 Å². The maximum absolute atomic E-state index is 13.2. The molecular formula is C15H15ClFN3S. The van der Waals surface area contributed by atoms with Crippen molar-refractivity contribution in [3.05, 3.63) is 59.2 Å². The van der Waals surface area contributed by atoms with Gasteiger partial charge in [0.2, 0.25) is 0 Å². The van der Waals surface area contributed by atoms with Crippen LogP contribution < -0.4 is 5.32 Å². The monoisotopic (exact) mass is 323 g/mol. The lowest BCUT2D eigenvalue weighted by molar-refractivity contribution is 0.626. The van der Waals surface area contributed by atoms with E-state index in [0.29, 0.717) is 10.9 Å². The summed E-state index contributed by atoms with van der Waals surface area (Å²) in [6, 6.07) is 4.10. The maximum atomic E-state index is 13.2. The van der Waals surface area contributed by atoms with Gasteiger partial charge in [0.25, 0.3) is 0 Å². The molecule has 1 aromatic carbocycles. The van der Waals surface area contributed by atoms with Gasteiger partial charge in [0.15, 0.2) is 5.84 Å². The fourth-order valence-corrected chi connectivity index (χ4v) is 2.73. The number of benzene rings is 1. The molecule has 0 bridgehead atoms. The lowest BCUT2D eigenvalue weighted by Gasteiger charge is -2.22. The zero-order chi connectivity index (χ0) is 15.4. The second kappa shape index (κ2) is 6.91. The van der Waals surface area contributed by atoms with Gasteiger partial charge in [0.1, 0.15) is 16.9 Å². The van der Waals surface area contributed by atoms with Crippen LogP contribution in [0.1, 0.15) is 18.5 Å². The summed E-state index contributed by atoms with van der Waals surface area (Å²) < 4.78 is 13.2. The number of halogens is 2. The SMILES string of the molecule is C=CN=C(SC)C1=NC(c2ccc(F)cc2Cl)C(C)=CN1. The summed E-state index contributed by atoms with van der Waals surface area (Å²) in [4.78, 5) is 8.83. The quantitative estimate of drug-likeness (QED) is 0.664. The van der Waals surface area contributed by atoms with Crippen LogP contribution in [-0.4, -0.2) is 17.1 Å². The van der Waals surface area contributed by atoms with E-state index in [1.807, 2.05) is 19.4 Å². The fraction of sp³-hybridized carbons (Fsp3) is 0.200. The second-order valence-corrected chi connectivity index (χ2v) is 5.60. The molecule has 0 saturated heterocycles. The number of aliphatic imine (C=N–C) groups is 2. The Morgan fingerprint density at radius 1 is 1.57 bits per heavy atom.